The van der Waals surface area contributed by atoms with Crippen LogP contribution in [0.2, 0.25) is 0 Å². The third-order valence-electron chi connectivity index (χ3n) is 5.57. The van der Waals surface area contributed by atoms with Crippen molar-refractivity contribution in [1.82, 2.24) is 14.7 Å². The summed E-state index contributed by atoms with van der Waals surface area (Å²) in [4.78, 5) is 36.0. The van der Waals surface area contributed by atoms with Crippen LogP contribution in [0.1, 0.15) is 5.56 Å². The zero-order chi connectivity index (χ0) is 31.1. The van der Waals surface area contributed by atoms with E-state index in [0.29, 0.717) is 5.56 Å². The van der Waals surface area contributed by atoms with Crippen LogP contribution < -0.4 is 30.7 Å². The van der Waals surface area contributed by atoms with Gasteiger partial charge in [0.05, 0.1) is 18.9 Å². The summed E-state index contributed by atoms with van der Waals surface area (Å²) in [6.07, 6.45) is -3.90. The molecule has 0 unspecified atom stereocenters. The summed E-state index contributed by atoms with van der Waals surface area (Å²) in [7, 11) is 2.98. The number of anilines is 4. The van der Waals surface area contributed by atoms with Gasteiger partial charge in [-0.15, -0.1) is 0 Å². The summed E-state index contributed by atoms with van der Waals surface area (Å²) in [5.41, 5.74) is 0.339. The molecule has 43 heavy (non-hydrogen) atoms. The van der Waals surface area contributed by atoms with Gasteiger partial charge in [0, 0.05) is 31.7 Å². The molecule has 230 valence electrons. The Morgan fingerprint density at radius 2 is 1.74 bits per heavy atom. The maximum atomic E-state index is 15.5. The fourth-order valence-corrected chi connectivity index (χ4v) is 3.53. The molecule has 0 aliphatic rings. The van der Waals surface area contributed by atoms with Gasteiger partial charge in [0.2, 0.25) is 5.95 Å². The zero-order valence-corrected chi connectivity index (χ0v) is 22.9. The number of nitrogens with zero attached hydrogens (tertiary/aromatic N) is 3. The second-order valence-electron chi connectivity index (χ2n) is 8.63. The largest absolute Gasteiger partial charge is 0.493 e. The third-order valence-corrected chi connectivity index (χ3v) is 5.57. The molecule has 0 atom stereocenters. The van der Waals surface area contributed by atoms with Gasteiger partial charge >= 0.3 is 17.9 Å². The van der Waals surface area contributed by atoms with E-state index in [0.717, 1.165) is 0 Å². The molecular formula is C26H25F4N5O8. The Bertz CT molecular complexity index is 1660. The average molecular weight is 612 g/mol. The minimum Gasteiger partial charge on any atom is -0.487 e. The Balaban J connectivity index is 1.59. The van der Waals surface area contributed by atoms with Crippen molar-refractivity contribution in [3.8, 4) is 11.5 Å². The van der Waals surface area contributed by atoms with E-state index in [4.69, 9.17) is 23.4 Å². The number of hydrogen-bond acceptors (Lipinski definition) is 12. The van der Waals surface area contributed by atoms with Crippen LogP contribution in [0.3, 0.4) is 0 Å². The number of benzene rings is 2. The highest BCUT2D eigenvalue weighted by atomic mass is 19.4. The van der Waals surface area contributed by atoms with Crippen molar-refractivity contribution in [3.63, 3.8) is 0 Å². The second-order valence-corrected chi connectivity index (χ2v) is 8.63. The molecule has 0 aliphatic carbocycles. The third kappa shape index (κ3) is 7.49. The summed E-state index contributed by atoms with van der Waals surface area (Å²) in [6, 6.07) is 6.85. The maximum Gasteiger partial charge on any atom is 0.493 e. The summed E-state index contributed by atoms with van der Waals surface area (Å²) in [5.74, 6) is -4.53. The van der Waals surface area contributed by atoms with Gasteiger partial charge in [-0.25, -0.2) is 19.0 Å². The smallest absolute Gasteiger partial charge is 0.487 e. The predicted octanol–water partition coefficient (Wildman–Crippen LogP) is 3.89. The predicted molar refractivity (Wildman–Crippen MR) is 143 cm³/mol. The van der Waals surface area contributed by atoms with E-state index in [2.05, 4.69) is 25.4 Å². The van der Waals surface area contributed by atoms with Crippen LogP contribution in [-0.4, -0.2) is 67.5 Å². The highest BCUT2D eigenvalue weighted by molar-refractivity contribution is 5.81. The molecule has 2 aromatic heterocycles. The number of ether oxygens (including phenoxy) is 4. The van der Waals surface area contributed by atoms with Crippen molar-refractivity contribution >= 4 is 40.2 Å². The standard InChI is InChI=1S/C26H25F4N5O8/c1-14-13-31-24(33-16-5-7-19(40-10-8-38-2)21(20(16)27)41-11-9-39-3)34-22(14)32-15-4-6-18-17(12-15)35(25(37)42-18)43-23(36)26(28,29)30/h4-7,12-13H,8-11H2,1-3H3,(H2,31,32,33,34). The first kappa shape index (κ1) is 31.0. The van der Waals surface area contributed by atoms with Gasteiger partial charge in [-0.2, -0.15) is 18.2 Å². The van der Waals surface area contributed by atoms with Gasteiger partial charge < -0.3 is 38.8 Å². The summed E-state index contributed by atoms with van der Waals surface area (Å²) in [6.45, 7) is 2.35. The van der Waals surface area contributed by atoms with Gasteiger partial charge in [-0.1, -0.05) is 4.73 Å². The fraction of sp³-hybridized carbons (Fsp3) is 0.308. The number of alkyl halides is 3. The first-order valence-electron chi connectivity index (χ1n) is 12.4. The Kier molecular flexibility index (Phi) is 9.66. The molecule has 0 bridgehead atoms. The lowest BCUT2D eigenvalue weighted by Crippen LogP contribution is -2.36. The van der Waals surface area contributed by atoms with E-state index in [1.807, 2.05) is 0 Å². The van der Waals surface area contributed by atoms with Gasteiger partial charge in [-0.05, 0) is 37.3 Å². The fourth-order valence-electron chi connectivity index (χ4n) is 3.53. The van der Waals surface area contributed by atoms with E-state index >= 15 is 4.39 Å². The summed E-state index contributed by atoms with van der Waals surface area (Å²) in [5, 5.41) is 5.71. The number of halogens is 4. The molecule has 4 aromatic rings. The minimum absolute atomic E-state index is 0.0247. The number of methoxy groups -OCH3 is 2. The highest BCUT2D eigenvalue weighted by Crippen LogP contribution is 2.36. The number of carbonyl (C=O) groups excluding carboxylic acids is 1. The molecule has 2 aromatic carbocycles. The minimum atomic E-state index is -5.34. The van der Waals surface area contributed by atoms with Crippen LogP contribution in [-0.2, 0) is 14.3 Å². The van der Waals surface area contributed by atoms with Crippen molar-refractivity contribution in [2.75, 3.05) is 51.3 Å². The van der Waals surface area contributed by atoms with E-state index < -0.39 is 23.7 Å². The number of carbonyl (C=O) groups is 1. The van der Waals surface area contributed by atoms with Crippen LogP contribution in [0.4, 0.5) is 40.7 Å². The molecule has 0 amide bonds. The molecular weight excluding hydrogens is 586 g/mol. The normalized spacial score (nSPS) is 11.4. The molecule has 0 fully saturated rings. The second kappa shape index (κ2) is 13.4. The Morgan fingerprint density at radius 1 is 1.02 bits per heavy atom. The van der Waals surface area contributed by atoms with Crippen molar-refractivity contribution in [2.24, 2.45) is 0 Å². The quantitative estimate of drug-likeness (QED) is 0.167. The molecule has 17 heteroatoms. The van der Waals surface area contributed by atoms with E-state index in [9.17, 15) is 22.8 Å². The first-order chi connectivity index (χ1) is 20.5. The first-order valence-corrected chi connectivity index (χ1v) is 12.4. The lowest BCUT2D eigenvalue weighted by molar-refractivity contribution is -0.200. The Labute approximate surface area is 240 Å². The van der Waals surface area contributed by atoms with Crippen LogP contribution in [0.5, 0.6) is 11.5 Å². The van der Waals surface area contributed by atoms with Crippen molar-refractivity contribution < 1.29 is 50.6 Å². The SMILES string of the molecule is COCCOc1ccc(Nc2ncc(C)c(Nc3ccc4oc(=O)n(OC(=O)C(F)(F)F)c4c3)n2)c(F)c1OCCOC. The van der Waals surface area contributed by atoms with Gasteiger partial charge in [-0.3, -0.25) is 0 Å². The molecule has 2 N–H and O–H groups in total. The van der Waals surface area contributed by atoms with E-state index in [1.165, 1.54) is 50.7 Å². The number of rotatable bonds is 13. The molecule has 13 nitrogen and oxygen atoms in total. The van der Waals surface area contributed by atoms with E-state index in [1.54, 1.807) is 6.92 Å². The highest BCUT2D eigenvalue weighted by Gasteiger charge is 2.42. The van der Waals surface area contributed by atoms with Crippen molar-refractivity contribution in [1.29, 1.82) is 0 Å². The van der Waals surface area contributed by atoms with E-state index in [-0.39, 0.29) is 76.9 Å². The Hall–Kier alpha value is -4.90. The van der Waals surface area contributed by atoms with Crippen molar-refractivity contribution in [2.45, 2.75) is 13.1 Å². The molecule has 0 saturated heterocycles. The lowest BCUT2D eigenvalue weighted by atomic mass is 10.2. The number of aromatic nitrogens is 3. The molecule has 0 saturated carbocycles. The summed E-state index contributed by atoms with van der Waals surface area (Å²) >= 11 is 0. The van der Waals surface area contributed by atoms with Crippen LogP contribution in [0, 0.1) is 12.7 Å². The number of hydrogen-bond donors (Lipinski definition) is 2. The maximum absolute atomic E-state index is 15.5. The lowest BCUT2D eigenvalue weighted by Gasteiger charge is -2.16. The molecule has 0 spiro atoms. The molecule has 0 aliphatic heterocycles. The van der Waals surface area contributed by atoms with Gasteiger partial charge in [0.1, 0.15) is 24.5 Å². The number of fused-ring (bicyclic) bond motifs is 1. The molecule has 0 radical (unpaired) electrons. The van der Waals surface area contributed by atoms with Gasteiger partial charge in [0.25, 0.3) is 0 Å². The summed E-state index contributed by atoms with van der Waals surface area (Å²) < 4.78 is 79.5. The van der Waals surface area contributed by atoms with Crippen LogP contribution in [0.25, 0.3) is 11.1 Å². The molecule has 2 heterocycles. The topological polar surface area (TPSA) is 148 Å². The van der Waals surface area contributed by atoms with Gasteiger partial charge in [0.15, 0.2) is 22.9 Å². The number of aryl methyl sites for hydroxylation is 1. The Morgan fingerprint density at radius 3 is 2.44 bits per heavy atom. The number of oxazole rings is 1. The zero-order valence-electron chi connectivity index (χ0n) is 22.9. The van der Waals surface area contributed by atoms with Crippen molar-refractivity contribution in [3.05, 3.63) is 58.5 Å². The monoisotopic (exact) mass is 611 g/mol. The number of nitrogens with one attached hydrogen (secondary N) is 2. The average Bonchev–Trinajstić information content (AvgIpc) is 3.27. The van der Waals surface area contributed by atoms with Crippen LogP contribution >= 0.6 is 0 Å². The van der Waals surface area contributed by atoms with Crippen LogP contribution in [0.15, 0.2) is 45.7 Å². The molecule has 4 rings (SSSR count).